The van der Waals surface area contributed by atoms with Gasteiger partial charge < -0.3 is 4.74 Å². The predicted molar refractivity (Wildman–Crippen MR) is 80.7 cm³/mol. The summed E-state index contributed by atoms with van der Waals surface area (Å²) in [5.41, 5.74) is 0.593. The molecule has 0 amide bonds. The van der Waals surface area contributed by atoms with Gasteiger partial charge in [-0.2, -0.15) is 5.10 Å². The number of para-hydroxylation sites is 1. The number of aryl methyl sites for hydroxylation is 2. The number of carbonyl (C=O) groups excluding carboxylic acids is 1. The first-order valence-corrected chi connectivity index (χ1v) is 7.37. The van der Waals surface area contributed by atoms with E-state index in [1.807, 2.05) is 39.0 Å². The molecule has 0 saturated carbocycles. The molecule has 0 atom stereocenters. The highest BCUT2D eigenvalue weighted by atomic mass is 16.5. The maximum absolute atomic E-state index is 12.5. The molecule has 2 rings (SSSR count). The van der Waals surface area contributed by atoms with Crippen molar-refractivity contribution in [1.29, 1.82) is 0 Å². The Kier molecular flexibility index (Phi) is 5.09. The molecule has 1 aromatic carbocycles. The molecule has 0 N–H and O–H groups in total. The Morgan fingerprint density at radius 1 is 1.19 bits per heavy atom. The lowest BCUT2D eigenvalue weighted by Gasteiger charge is -2.09. The van der Waals surface area contributed by atoms with Gasteiger partial charge in [0.05, 0.1) is 12.2 Å². The normalized spacial score (nSPS) is 10.6. The quantitative estimate of drug-likeness (QED) is 0.735. The topological polar surface area (TPSA) is 57.0 Å². The molecule has 0 aliphatic carbocycles. The molecule has 2 aromatic rings. The van der Waals surface area contributed by atoms with Crippen LogP contribution in [0.1, 0.15) is 42.8 Å². The van der Waals surface area contributed by atoms with Gasteiger partial charge in [0.25, 0.3) is 0 Å². The monoisotopic (exact) mass is 287 g/mol. The van der Waals surface area contributed by atoms with Crippen molar-refractivity contribution < 1.29 is 9.53 Å². The van der Waals surface area contributed by atoms with Crippen molar-refractivity contribution in [2.75, 3.05) is 6.61 Å². The van der Waals surface area contributed by atoms with E-state index in [0.717, 1.165) is 24.5 Å². The lowest BCUT2D eigenvalue weighted by atomic mass is 10.1. The second-order valence-electron chi connectivity index (χ2n) is 4.66. The largest absolute Gasteiger partial charge is 0.493 e. The summed E-state index contributed by atoms with van der Waals surface area (Å²) in [6, 6.07) is 7.31. The second-order valence-corrected chi connectivity index (χ2v) is 4.66. The van der Waals surface area contributed by atoms with Crippen LogP contribution in [0.3, 0.4) is 0 Å². The van der Waals surface area contributed by atoms with Crippen LogP contribution in [0.5, 0.6) is 5.75 Å². The first-order valence-electron chi connectivity index (χ1n) is 7.37. The number of aromatic nitrogens is 3. The van der Waals surface area contributed by atoms with Gasteiger partial charge in [-0.25, -0.2) is 9.67 Å². The average molecular weight is 287 g/mol. The van der Waals surface area contributed by atoms with Crippen LogP contribution < -0.4 is 4.74 Å². The standard InChI is InChI=1S/C16H21N3O2/c1-4-15-17-16(5-2)19(18-15)11-13(20)12-9-7-8-10-14(12)21-6-3/h7-10H,4-6,11H2,1-3H3. The number of rotatable bonds is 7. The van der Waals surface area contributed by atoms with E-state index in [4.69, 9.17) is 4.74 Å². The summed E-state index contributed by atoms with van der Waals surface area (Å²) < 4.78 is 7.21. The molecule has 1 aromatic heterocycles. The summed E-state index contributed by atoms with van der Waals surface area (Å²) in [5, 5.41) is 4.38. The average Bonchev–Trinajstić information content (AvgIpc) is 2.90. The third kappa shape index (κ3) is 3.48. The smallest absolute Gasteiger partial charge is 0.188 e. The van der Waals surface area contributed by atoms with E-state index in [-0.39, 0.29) is 12.3 Å². The molecule has 1 heterocycles. The number of ketones is 1. The maximum Gasteiger partial charge on any atom is 0.188 e. The van der Waals surface area contributed by atoms with Crippen LogP contribution >= 0.6 is 0 Å². The molecular formula is C16H21N3O2. The van der Waals surface area contributed by atoms with E-state index in [1.165, 1.54) is 0 Å². The van der Waals surface area contributed by atoms with Gasteiger partial charge in [-0.3, -0.25) is 4.79 Å². The molecule has 0 saturated heterocycles. The molecule has 0 radical (unpaired) electrons. The number of carbonyl (C=O) groups is 1. The molecule has 0 aliphatic rings. The van der Waals surface area contributed by atoms with Gasteiger partial charge in [0, 0.05) is 12.8 Å². The van der Waals surface area contributed by atoms with Gasteiger partial charge in [0.1, 0.15) is 18.1 Å². The fourth-order valence-electron chi connectivity index (χ4n) is 2.16. The third-order valence-electron chi connectivity index (χ3n) is 3.21. The molecule has 0 unspecified atom stereocenters. The Morgan fingerprint density at radius 2 is 1.95 bits per heavy atom. The summed E-state index contributed by atoms with van der Waals surface area (Å²) >= 11 is 0. The van der Waals surface area contributed by atoms with Crippen molar-refractivity contribution in [2.24, 2.45) is 0 Å². The predicted octanol–water partition coefficient (Wildman–Crippen LogP) is 2.68. The Morgan fingerprint density at radius 3 is 2.62 bits per heavy atom. The first-order chi connectivity index (χ1) is 10.2. The van der Waals surface area contributed by atoms with Crippen LogP contribution in [0.2, 0.25) is 0 Å². The van der Waals surface area contributed by atoms with E-state index < -0.39 is 0 Å². The third-order valence-corrected chi connectivity index (χ3v) is 3.21. The Balaban J connectivity index is 2.24. The highest BCUT2D eigenvalue weighted by Crippen LogP contribution is 2.19. The molecule has 5 heteroatoms. The van der Waals surface area contributed by atoms with Crippen LogP contribution in [0.15, 0.2) is 24.3 Å². The maximum atomic E-state index is 12.5. The van der Waals surface area contributed by atoms with E-state index in [1.54, 1.807) is 10.7 Å². The minimum atomic E-state index is -0.0127. The number of benzene rings is 1. The zero-order valence-electron chi connectivity index (χ0n) is 12.8. The van der Waals surface area contributed by atoms with Crippen LogP contribution in [-0.4, -0.2) is 27.2 Å². The minimum Gasteiger partial charge on any atom is -0.493 e. The highest BCUT2D eigenvalue weighted by molar-refractivity contribution is 5.98. The lowest BCUT2D eigenvalue weighted by molar-refractivity contribution is 0.0962. The first kappa shape index (κ1) is 15.2. The molecule has 0 bridgehead atoms. The summed E-state index contributed by atoms with van der Waals surface area (Å²) in [6.45, 7) is 6.65. The summed E-state index contributed by atoms with van der Waals surface area (Å²) in [6.07, 6.45) is 1.52. The van der Waals surface area contributed by atoms with E-state index in [2.05, 4.69) is 10.1 Å². The Hall–Kier alpha value is -2.17. The van der Waals surface area contributed by atoms with Crippen molar-refractivity contribution in [3.8, 4) is 5.75 Å². The van der Waals surface area contributed by atoms with Crippen molar-refractivity contribution in [3.63, 3.8) is 0 Å². The zero-order chi connectivity index (χ0) is 15.2. The van der Waals surface area contributed by atoms with E-state index >= 15 is 0 Å². The van der Waals surface area contributed by atoms with Gasteiger partial charge in [-0.05, 0) is 19.1 Å². The zero-order valence-corrected chi connectivity index (χ0v) is 12.8. The highest BCUT2D eigenvalue weighted by Gasteiger charge is 2.15. The van der Waals surface area contributed by atoms with Gasteiger partial charge in [0.2, 0.25) is 0 Å². The Bertz CT molecular complexity index is 620. The number of Topliss-reactive ketones (excluding diaryl/α,β-unsaturated/α-hetero) is 1. The molecule has 112 valence electrons. The Labute approximate surface area is 125 Å². The van der Waals surface area contributed by atoms with Crippen molar-refractivity contribution in [2.45, 2.75) is 40.2 Å². The van der Waals surface area contributed by atoms with Crippen molar-refractivity contribution in [3.05, 3.63) is 41.5 Å². The van der Waals surface area contributed by atoms with Crippen LogP contribution in [-0.2, 0) is 19.4 Å². The SMILES string of the molecule is CCOc1ccccc1C(=O)Cn1nc(CC)nc1CC. The van der Waals surface area contributed by atoms with E-state index in [0.29, 0.717) is 17.9 Å². The fourth-order valence-corrected chi connectivity index (χ4v) is 2.16. The van der Waals surface area contributed by atoms with Gasteiger partial charge in [0.15, 0.2) is 11.6 Å². The second kappa shape index (κ2) is 7.02. The van der Waals surface area contributed by atoms with Crippen LogP contribution in [0.25, 0.3) is 0 Å². The van der Waals surface area contributed by atoms with E-state index in [9.17, 15) is 4.79 Å². The summed E-state index contributed by atoms with van der Waals surface area (Å²) in [4.78, 5) is 16.9. The number of nitrogens with zero attached hydrogens (tertiary/aromatic N) is 3. The molecular weight excluding hydrogens is 266 g/mol. The lowest BCUT2D eigenvalue weighted by Crippen LogP contribution is -2.15. The van der Waals surface area contributed by atoms with Gasteiger partial charge in [-0.15, -0.1) is 0 Å². The number of hydrogen-bond donors (Lipinski definition) is 0. The summed E-state index contributed by atoms with van der Waals surface area (Å²) in [7, 11) is 0. The van der Waals surface area contributed by atoms with Crippen LogP contribution in [0, 0.1) is 0 Å². The molecule has 0 aliphatic heterocycles. The van der Waals surface area contributed by atoms with Crippen LogP contribution in [0.4, 0.5) is 0 Å². The van der Waals surface area contributed by atoms with Crippen molar-refractivity contribution >= 4 is 5.78 Å². The van der Waals surface area contributed by atoms with Crippen molar-refractivity contribution in [1.82, 2.24) is 14.8 Å². The fraction of sp³-hybridized carbons (Fsp3) is 0.438. The molecule has 0 fully saturated rings. The molecule has 21 heavy (non-hydrogen) atoms. The van der Waals surface area contributed by atoms with Gasteiger partial charge in [-0.1, -0.05) is 26.0 Å². The van der Waals surface area contributed by atoms with Gasteiger partial charge >= 0.3 is 0 Å². The molecule has 0 spiro atoms. The minimum absolute atomic E-state index is 0.0127. The number of hydrogen-bond acceptors (Lipinski definition) is 4. The number of ether oxygens (including phenoxy) is 1. The summed E-state index contributed by atoms with van der Waals surface area (Å²) in [5.74, 6) is 2.23. The molecule has 5 nitrogen and oxygen atoms in total.